The quantitative estimate of drug-likeness (QED) is 0.789. The van der Waals surface area contributed by atoms with E-state index < -0.39 is 13.3 Å². The van der Waals surface area contributed by atoms with Crippen molar-refractivity contribution in [3.63, 3.8) is 0 Å². The first kappa shape index (κ1) is 19.1. The number of alkyl halides is 2. The highest BCUT2D eigenvalue weighted by Crippen LogP contribution is 2.41. The fourth-order valence-corrected chi connectivity index (χ4v) is 4.79. The zero-order valence-corrected chi connectivity index (χ0v) is 16.3. The summed E-state index contributed by atoms with van der Waals surface area (Å²) >= 11 is 0. The van der Waals surface area contributed by atoms with E-state index in [0.717, 1.165) is 24.9 Å². The molecule has 1 aliphatic heterocycles. The van der Waals surface area contributed by atoms with Crippen LogP contribution in [0.4, 0.5) is 8.78 Å². The highest BCUT2D eigenvalue weighted by Gasteiger charge is 2.37. The number of amides is 1. The molecule has 28 heavy (non-hydrogen) atoms. The molecule has 4 rings (SSSR count). The van der Waals surface area contributed by atoms with Crippen LogP contribution in [0.5, 0.6) is 0 Å². The van der Waals surface area contributed by atoms with Crippen LogP contribution in [0, 0.1) is 5.92 Å². The Morgan fingerprint density at radius 1 is 1.29 bits per heavy atom. The van der Waals surface area contributed by atoms with Gasteiger partial charge in [0.05, 0.1) is 5.92 Å². The van der Waals surface area contributed by atoms with Gasteiger partial charge in [-0.2, -0.15) is 0 Å². The second kappa shape index (κ2) is 8.03. The van der Waals surface area contributed by atoms with Crippen LogP contribution in [0.15, 0.2) is 30.5 Å². The molecule has 0 spiro atoms. The Kier molecular flexibility index (Phi) is 5.49. The normalized spacial score (nSPS) is 21.5. The van der Waals surface area contributed by atoms with E-state index in [1.54, 1.807) is 0 Å². The van der Waals surface area contributed by atoms with Crippen molar-refractivity contribution in [3.8, 4) is 0 Å². The molecule has 1 aromatic heterocycles. The standard InChI is InChI=1S/C22H27F2N3O/c1-2-8-27-14-16(22(28)26(9-6-23)10-7-24)11-18-17-4-3-5-19-21(17)15(13-25-19)12-20(18)27/h3-5,11,13,16,20,25H,2,6-10,12,14H2,1H3/t16-,20?/m1/s1. The molecular weight excluding hydrogens is 360 g/mol. The van der Waals surface area contributed by atoms with Crippen molar-refractivity contribution in [1.29, 1.82) is 0 Å². The molecule has 4 nitrogen and oxygen atoms in total. The minimum atomic E-state index is -0.650. The van der Waals surface area contributed by atoms with E-state index in [2.05, 4.69) is 41.2 Å². The zero-order chi connectivity index (χ0) is 19.7. The Balaban J connectivity index is 1.75. The summed E-state index contributed by atoms with van der Waals surface area (Å²) in [5.74, 6) is -0.541. The van der Waals surface area contributed by atoms with Crippen molar-refractivity contribution in [2.75, 3.05) is 39.5 Å². The minimum Gasteiger partial charge on any atom is -0.361 e. The summed E-state index contributed by atoms with van der Waals surface area (Å²) in [5.41, 5.74) is 4.77. The van der Waals surface area contributed by atoms with Gasteiger partial charge in [0.25, 0.3) is 0 Å². The van der Waals surface area contributed by atoms with E-state index in [1.807, 2.05) is 6.07 Å². The van der Waals surface area contributed by atoms with Crippen LogP contribution in [-0.4, -0.2) is 66.3 Å². The van der Waals surface area contributed by atoms with Gasteiger partial charge in [0.15, 0.2) is 0 Å². The number of aromatic amines is 1. The van der Waals surface area contributed by atoms with Crippen molar-refractivity contribution < 1.29 is 13.6 Å². The Labute approximate surface area is 164 Å². The summed E-state index contributed by atoms with van der Waals surface area (Å²) in [6.07, 6.45) is 6.07. The first-order valence-electron chi connectivity index (χ1n) is 10.1. The molecular formula is C22H27F2N3O. The minimum absolute atomic E-state index is 0.0445. The van der Waals surface area contributed by atoms with Crippen molar-refractivity contribution in [3.05, 3.63) is 41.6 Å². The number of nitrogens with one attached hydrogen (secondary N) is 1. The van der Waals surface area contributed by atoms with E-state index in [4.69, 9.17) is 0 Å². The summed E-state index contributed by atoms with van der Waals surface area (Å²) < 4.78 is 25.8. The Hall–Kier alpha value is -2.21. The van der Waals surface area contributed by atoms with Crippen LogP contribution in [0.25, 0.3) is 16.5 Å². The molecule has 1 N–H and O–H groups in total. The SMILES string of the molecule is CCCN1C[C@H](C(=O)N(CCF)CCF)C=C2c3cccc4[nH]cc(c34)CC21. The van der Waals surface area contributed by atoms with Gasteiger partial charge in [-0.05, 0) is 42.2 Å². The Morgan fingerprint density at radius 2 is 2.07 bits per heavy atom. The maximum absolute atomic E-state index is 13.1. The van der Waals surface area contributed by atoms with Crippen LogP contribution in [0.3, 0.4) is 0 Å². The summed E-state index contributed by atoms with van der Waals surface area (Å²) in [6, 6.07) is 6.47. The number of fused-ring (bicyclic) bond motifs is 2. The molecule has 150 valence electrons. The number of aromatic nitrogens is 1. The van der Waals surface area contributed by atoms with Gasteiger partial charge in [-0.3, -0.25) is 9.69 Å². The lowest BCUT2D eigenvalue weighted by Crippen LogP contribution is -2.50. The maximum atomic E-state index is 13.1. The van der Waals surface area contributed by atoms with Crippen molar-refractivity contribution in [2.24, 2.45) is 5.92 Å². The first-order valence-corrected chi connectivity index (χ1v) is 10.1. The van der Waals surface area contributed by atoms with Crippen LogP contribution >= 0.6 is 0 Å². The van der Waals surface area contributed by atoms with Crippen molar-refractivity contribution >= 4 is 22.4 Å². The summed E-state index contributed by atoms with van der Waals surface area (Å²) in [4.78, 5) is 20.1. The van der Waals surface area contributed by atoms with Gasteiger partial charge in [0, 0.05) is 42.8 Å². The first-order chi connectivity index (χ1) is 13.7. The predicted molar refractivity (Wildman–Crippen MR) is 108 cm³/mol. The molecule has 1 aliphatic carbocycles. The highest BCUT2D eigenvalue weighted by atomic mass is 19.1. The van der Waals surface area contributed by atoms with E-state index in [-0.39, 0.29) is 31.0 Å². The zero-order valence-electron chi connectivity index (χ0n) is 16.3. The molecule has 1 amide bonds. The second-order valence-corrected chi connectivity index (χ2v) is 7.69. The largest absolute Gasteiger partial charge is 0.361 e. The molecule has 0 saturated heterocycles. The van der Waals surface area contributed by atoms with E-state index in [1.165, 1.54) is 27.0 Å². The van der Waals surface area contributed by atoms with Gasteiger partial charge in [-0.25, -0.2) is 8.78 Å². The average Bonchev–Trinajstić information content (AvgIpc) is 3.12. The lowest BCUT2D eigenvalue weighted by molar-refractivity contribution is -0.135. The number of hydrogen-bond donors (Lipinski definition) is 1. The average molecular weight is 387 g/mol. The van der Waals surface area contributed by atoms with E-state index >= 15 is 0 Å². The van der Waals surface area contributed by atoms with Gasteiger partial charge in [0.1, 0.15) is 13.3 Å². The number of carbonyl (C=O) groups is 1. The number of benzene rings is 1. The molecule has 0 bridgehead atoms. The maximum Gasteiger partial charge on any atom is 0.230 e. The van der Waals surface area contributed by atoms with Crippen LogP contribution < -0.4 is 0 Å². The van der Waals surface area contributed by atoms with Gasteiger partial charge in [0.2, 0.25) is 5.91 Å². The third kappa shape index (κ3) is 3.24. The van der Waals surface area contributed by atoms with Crippen LogP contribution in [0.2, 0.25) is 0 Å². The fraction of sp³-hybridized carbons (Fsp3) is 0.500. The Morgan fingerprint density at radius 3 is 2.79 bits per heavy atom. The van der Waals surface area contributed by atoms with Gasteiger partial charge in [-0.1, -0.05) is 25.1 Å². The number of carbonyl (C=O) groups excluding carboxylic acids is 1. The van der Waals surface area contributed by atoms with Crippen molar-refractivity contribution in [2.45, 2.75) is 25.8 Å². The molecule has 0 radical (unpaired) electrons. The molecule has 2 heterocycles. The Bertz CT molecular complexity index is 885. The third-order valence-electron chi connectivity index (χ3n) is 5.97. The number of H-pyrrole nitrogens is 1. The summed E-state index contributed by atoms with van der Waals surface area (Å²) in [7, 11) is 0. The van der Waals surface area contributed by atoms with E-state index in [0.29, 0.717) is 6.54 Å². The van der Waals surface area contributed by atoms with Crippen LogP contribution in [-0.2, 0) is 11.2 Å². The lowest BCUT2D eigenvalue weighted by Gasteiger charge is -2.42. The molecule has 1 unspecified atom stereocenters. The molecule has 0 saturated carbocycles. The number of rotatable bonds is 7. The lowest BCUT2D eigenvalue weighted by atomic mass is 9.79. The molecule has 6 heteroatoms. The second-order valence-electron chi connectivity index (χ2n) is 7.69. The smallest absolute Gasteiger partial charge is 0.230 e. The molecule has 2 aliphatic rings. The van der Waals surface area contributed by atoms with Gasteiger partial charge < -0.3 is 9.88 Å². The molecule has 0 fully saturated rings. The van der Waals surface area contributed by atoms with Gasteiger partial charge >= 0.3 is 0 Å². The summed E-state index contributed by atoms with van der Waals surface area (Å²) in [5, 5.41) is 1.24. The molecule has 2 atom stereocenters. The van der Waals surface area contributed by atoms with Crippen molar-refractivity contribution in [1.82, 2.24) is 14.8 Å². The number of nitrogens with zero attached hydrogens (tertiary/aromatic N) is 2. The number of halogens is 2. The third-order valence-corrected chi connectivity index (χ3v) is 5.97. The molecule has 2 aromatic rings. The number of hydrogen-bond acceptors (Lipinski definition) is 2. The monoisotopic (exact) mass is 387 g/mol. The predicted octanol–water partition coefficient (Wildman–Crippen LogP) is 3.59. The topological polar surface area (TPSA) is 39.3 Å². The van der Waals surface area contributed by atoms with Crippen LogP contribution in [0.1, 0.15) is 24.5 Å². The fourth-order valence-electron chi connectivity index (χ4n) is 4.79. The summed E-state index contributed by atoms with van der Waals surface area (Å²) in [6.45, 7) is 2.25. The molecule has 1 aromatic carbocycles. The van der Waals surface area contributed by atoms with Gasteiger partial charge in [-0.15, -0.1) is 0 Å². The highest BCUT2D eigenvalue weighted by molar-refractivity contribution is 5.99. The van der Waals surface area contributed by atoms with E-state index in [9.17, 15) is 13.6 Å².